The van der Waals surface area contributed by atoms with Crippen molar-refractivity contribution in [1.29, 1.82) is 0 Å². The summed E-state index contributed by atoms with van der Waals surface area (Å²) in [6.07, 6.45) is 8.91. The van der Waals surface area contributed by atoms with Crippen molar-refractivity contribution in [3.8, 4) is 11.3 Å². The Bertz CT molecular complexity index is 1410. The van der Waals surface area contributed by atoms with Crippen molar-refractivity contribution < 1.29 is 19.4 Å². The van der Waals surface area contributed by atoms with Crippen molar-refractivity contribution >= 4 is 57.6 Å². The molecule has 1 heterocycles. The fraction of sp³-hybridized carbons (Fsp3) is 0.387. The first-order valence-electron chi connectivity index (χ1n) is 13.7. The van der Waals surface area contributed by atoms with E-state index in [4.69, 9.17) is 38.0 Å². The SMILES string of the molecule is CCCCC(CCc1cccc2c1CCc1sc(NC(=O)c3cc(Cl)c(C=C(C)C(=O)O)c(Cl)c3)nc1-2)OCC. The van der Waals surface area contributed by atoms with E-state index >= 15 is 0 Å². The van der Waals surface area contributed by atoms with Crippen LogP contribution in [-0.2, 0) is 28.8 Å². The Hall–Kier alpha value is -2.71. The molecule has 6 nitrogen and oxygen atoms in total. The lowest BCUT2D eigenvalue weighted by Gasteiger charge is -2.21. The molecule has 2 N–H and O–H groups in total. The summed E-state index contributed by atoms with van der Waals surface area (Å²) in [5, 5.41) is 12.9. The quantitative estimate of drug-likeness (QED) is 0.203. The molecule has 9 heteroatoms. The summed E-state index contributed by atoms with van der Waals surface area (Å²) in [4.78, 5) is 30.2. The van der Waals surface area contributed by atoms with Crippen molar-refractivity contribution in [2.75, 3.05) is 11.9 Å². The molecule has 0 saturated carbocycles. The molecule has 2 aromatic carbocycles. The first-order valence-corrected chi connectivity index (χ1v) is 15.2. The number of carboxylic acid groups (broad SMARTS) is 1. The second-order valence-corrected chi connectivity index (χ2v) is 11.8. The number of carboxylic acids is 1. The average Bonchev–Trinajstić information content (AvgIpc) is 3.34. The molecule has 1 aromatic heterocycles. The number of rotatable bonds is 12. The first-order chi connectivity index (χ1) is 19.2. The maximum Gasteiger partial charge on any atom is 0.331 e. The van der Waals surface area contributed by atoms with Gasteiger partial charge in [-0.25, -0.2) is 9.78 Å². The van der Waals surface area contributed by atoms with E-state index in [0.29, 0.717) is 10.7 Å². The molecule has 1 atom stereocenters. The molecule has 0 fully saturated rings. The normalized spacial score (nSPS) is 13.5. The van der Waals surface area contributed by atoms with E-state index in [-0.39, 0.29) is 33.2 Å². The molecular weight excluding hydrogens is 567 g/mol. The summed E-state index contributed by atoms with van der Waals surface area (Å²) in [5.41, 5.74) is 5.45. The molecule has 212 valence electrons. The minimum Gasteiger partial charge on any atom is -0.478 e. The summed E-state index contributed by atoms with van der Waals surface area (Å²) in [6.45, 7) is 6.46. The number of carbonyl (C=O) groups excluding carboxylic acids is 1. The van der Waals surface area contributed by atoms with Gasteiger partial charge >= 0.3 is 5.97 Å². The van der Waals surface area contributed by atoms with Crippen LogP contribution >= 0.6 is 34.5 Å². The molecule has 0 bridgehead atoms. The highest BCUT2D eigenvalue weighted by molar-refractivity contribution is 7.16. The number of hydrogen-bond donors (Lipinski definition) is 2. The maximum absolute atomic E-state index is 13.1. The topological polar surface area (TPSA) is 88.5 Å². The number of benzene rings is 2. The summed E-state index contributed by atoms with van der Waals surface area (Å²) in [7, 11) is 0. The smallest absolute Gasteiger partial charge is 0.331 e. The van der Waals surface area contributed by atoms with Crippen LogP contribution in [0, 0.1) is 0 Å². The van der Waals surface area contributed by atoms with E-state index in [2.05, 4.69) is 37.4 Å². The predicted octanol–water partition coefficient (Wildman–Crippen LogP) is 8.48. The maximum atomic E-state index is 13.1. The number of halogens is 2. The van der Waals surface area contributed by atoms with Crippen molar-refractivity contribution in [2.45, 2.75) is 71.8 Å². The Morgan fingerprint density at radius 1 is 1.18 bits per heavy atom. The zero-order valence-corrected chi connectivity index (χ0v) is 25.3. The third-order valence-electron chi connectivity index (χ3n) is 7.11. The molecular formula is C31H34Cl2N2O4S. The summed E-state index contributed by atoms with van der Waals surface area (Å²) < 4.78 is 6.00. The van der Waals surface area contributed by atoms with Gasteiger partial charge in [0, 0.05) is 33.7 Å². The number of fused-ring (bicyclic) bond motifs is 3. The molecule has 4 rings (SSSR count). The zero-order valence-electron chi connectivity index (χ0n) is 23.0. The number of nitrogens with one attached hydrogen (secondary N) is 1. The van der Waals surface area contributed by atoms with E-state index in [1.54, 1.807) is 0 Å². The molecule has 1 amide bonds. The number of anilines is 1. The second kappa shape index (κ2) is 13.8. The van der Waals surface area contributed by atoms with Gasteiger partial charge in [-0.15, -0.1) is 11.3 Å². The highest BCUT2D eigenvalue weighted by atomic mass is 35.5. The number of carbonyl (C=O) groups is 2. The molecule has 40 heavy (non-hydrogen) atoms. The molecule has 1 aliphatic carbocycles. The van der Waals surface area contributed by atoms with Crippen molar-refractivity contribution in [2.24, 2.45) is 0 Å². The van der Waals surface area contributed by atoms with E-state index in [1.165, 1.54) is 60.4 Å². The Morgan fingerprint density at radius 2 is 1.93 bits per heavy atom. The van der Waals surface area contributed by atoms with Gasteiger partial charge in [-0.1, -0.05) is 61.2 Å². The van der Waals surface area contributed by atoms with Gasteiger partial charge in [-0.2, -0.15) is 0 Å². The number of thiazole rings is 1. The number of amides is 1. The average molecular weight is 602 g/mol. The molecule has 0 aliphatic heterocycles. The standard InChI is InChI=1S/C31H34Cl2N2O4S/c1-4-6-9-21(39-5-2)12-11-19-8-7-10-23-22(19)13-14-27-28(23)34-31(40-27)35-29(36)20-16-25(32)24(26(33)17-20)15-18(3)30(37)38/h7-8,10,15-17,21H,4-6,9,11-14H2,1-3H3,(H,37,38)(H,34,35,36). The van der Waals surface area contributed by atoms with E-state index < -0.39 is 5.97 Å². The van der Waals surface area contributed by atoms with Crippen molar-refractivity contribution in [3.05, 3.63) is 73.1 Å². The van der Waals surface area contributed by atoms with Crippen LogP contribution in [0.5, 0.6) is 0 Å². The van der Waals surface area contributed by atoms with E-state index in [1.807, 2.05) is 0 Å². The largest absolute Gasteiger partial charge is 0.478 e. The van der Waals surface area contributed by atoms with Gasteiger partial charge in [0.1, 0.15) is 0 Å². The van der Waals surface area contributed by atoms with Gasteiger partial charge in [0.2, 0.25) is 0 Å². The van der Waals surface area contributed by atoms with Crippen LogP contribution in [0.3, 0.4) is 0 Å². The fourth-order valence-corrected chi connectivity index (χ4v) is 6.57. The molecule has 3 aromatic rings. The number of aryl methyl sites for hydroxylation is 2. The number of hydrogen-bond acceptors (Lipinski definition) is 5. The lowest BCUT2D eigenvalue weighted by atomic mass is 9.87. The summed E-state index contributed by atoms with van der Waals surface area (Å²) in [6, 6.07) is 9.38. The number of ether oxygens (including phenoxy) is 1. The van der Waals surface area contributed by atoms with Crippen molar-refractivity contribution in [1.82, 2.24) is 4.98 Å². The van der Waals surface area contributed by atoms with Crippen LogP contribution in [0.2, 0.25) is 10.0 Å². The van der Waals surface area contributed by atoms with Crippen molar-refractivity contribution in [3.63, 3.8) is 0 Å². The summed E-state index contributed by atoms with van der Waals surface area (Å²) in [5.74, 6) is -1.46. The Kier molecular flexibility index (Phi) is 10.4. The highest BCUT2D eigenvalue weighted by Crippen LogP contribution is 2.40. The summed E-state index contributed by atoms with van der Waals surface area (Å²) >= 11 is 14.2. The molecule has 1 aliphatic rings. The minimum atomic E-state index is -1.07. The number of unbranched alkanes of at least 4 members (excludes halogenated alkanes) is 1. The third kappa shape index (κ3) is 7.13. The Morgan fingerprint density at radius 3 is 2.60 bits per heavy atom. The van der Waals surface area contributed by atoms with Crippen LogP contribution < -0.4 is 5.32 Å². The van der Waals surface area contributed by atoms with Crippen LogP contribution in [-0.4, -0.2) is 34.7 Å². The second-order valence-electron chi connectivity index (χ2n) is 9.93. The van der Waals surface area contributed by atoms with Gasteiger partial charge in [-0.3, -0.25) is 10.1 Å². The van der Waals surface area contributed by atoms with E-state index in [9.17, 15) is 9.59 Å². The molecule has 0 spiro atoms. The highest BCUT2D eigenvalue weighted by Gasteiger charge is 2.24. The molecule has 1 unspecified atom stereocenters. The lowest BCUT2D eigenvalue weighted by Crippen LogP contribution is -2.15. The minimum absolute atomic E-state index is 0.0865. The van der Waals surface area contributed by atoms with Crippen LogP contribution in [0.25, 0.3) is 17.3 Å². The van der Waals surface area contributed by atoms with Gasteiger partial charge in [0.25, 0.3) is 5.91 Å². The number of aromatic nitrogens is 1. The van der Waals surface area contributed by atoms with Gasteiger partial charge < -0.3 is 9.84 Å². The number of aliphatic carboxylic acids is 1. The first kappa shape index (κ1) is 30.3. The monoisotopic (exact) mass is 600 g/mol. The molecule has 0 radical (unpaired) electrons. The lowest BCUT2D eigenvalue weighted by molar-refractivity contribution is -0.132. The number of nitrogens with zero attached hydrogens (tertiary/aromatic N) is 1. The van der Waals surface area contributed by atoms with Crippen LogP contribution in [0.4, 0.5) is 5.13 Å². The zero-order chi connectivity index (χ0) is 28.8. The van der Waals surface area contributed by atoms with Gasteiger partial charge in [0.15, 0.2) is 5.13 Å². The van der Waals surface area contributed by atoms with Gasteiger partial charge in [-0.05, 0) is 75.3 Å². The van der Waals surface area contributed by atoms with Crippen LogP contribution in [0.15, 0.2) is 35.9 Å². The molecule has 0 saturated heterocycles. The predicted molar refractivity (Wildman–Crippen MR) is 164 cm³/mol. The van der Waals surface area contributed by atoms with Crippen LogP contribution in [0.1, 0.15) is 78.4 Å². The Balaban J connectivity index is 1.51. The van der Waals surface area contributed by atoms with Gasteiger partial charge in [0.05, 0.1) is 21.8 Å². The van der Waals surface area contributed by atoms with E-state index in [0.717, 1.165) is 54.8 Å². The fourth-order valence-electron chi connectivity index (χ4n) is 5.01. The third-order valence-corrected chi connectivity index (χ3v) is 8.76. The Labute approximate surface area is 249 Å².